The number of nitrogens with zero attached hydrogens (tertiary/aromatic N) is 2. The molecule has 0 atom stereocenters. The predicted octanol–water partition coefficient (Wildman–Crippen LogP) is 13.7. The lowest BCUT2D eigenvalue weighted by Crippen LogP contribution is -2.11. The number of thiazole rings is 1. The summed E-state index contributed by atoms with van der Waals surface area (Å²) < 4.78 is 1.15. The number of aromatic hydroxyl groups is 1. The van der Waals surface area contributed by atoms with Crippen molar-refractivity contribution in [3.05, 3.63) is 150 Å². The molecule has 8 aromatic rings. The molecule has 0 amide bonds. The molecule has 0 radical (unpaired) electrons. The Kier molecular flexibility index (Phi) is 8.31. The van der Waals surface area contributed by atoms with Gasteiger partial charge in [0.25, 0.3) is 0 Å². The maximum absolute atomic E-state index is 10.9. The van der Waals surface area contributed by atoms with E-state index in [9.17, 15) is 5.11 Å². The molecule has 0 spiro atoms. The predicted molar refractivity (Wildman–Crippen MR) is 224 cm³/mol. The number of hydrogen-bond acceptors (Lipinski definition) is 4. The van der Waals surface area contributed by atoms with Gasteiger partial charge in [-0.25, -0.2) is 4.98 Å². The average molecular weight is 695 g/mol. The zero-order valence-electron chi connectivity index (χ0n) is 30.5. The first-order valence-corrected chi connectivity index (χ1v) is 18.7. The van der Waals surface area contributed by atoms with Crippen molar-refractivity contribution >= 4 is 55.0 Å². The highest BCUT2D eigenvalue weighted by Gasteiger charge is 2.23. The molecule has 0 bridgehead atoms. The average Bonchev–Trinajstić information content (AvgIpc) is 3.57. The first-order valence-electron chi connectivity index (χ1n) is 17.9. The van der Waals surface area contributed by atoms with Crippen LogP contribution in [0.2, 0.25) is 0 Å². The van der Waals surface area contributed by atoms with E-state index in [1.165, 1.54) is 33.0 Å². The minimum absolute atomic E-state index is 0.0568. The van der Waals surface area contributed by atoms with Gasteiger partial charge in [0.15, 0.2) is 0 Å². The number of hydrogen-bond donors (Lipinski definition) is 1. The van der Waals surface area contributed by atoms with Gasteiger partial charge in [0.2, 0.25) is 0 Å². The normalized spacial score (nSPS) is 12.4. The third-order valence-electron chi connectivity index (χ3n) is 10.0. The van der Waals surface area contributed by atoms with Crippen LogP contribution in [-0.4, -0.2) is 16.3 Å². The molecule has 0 saturated heterocycles. The first kappa shape index (κ1) is 33.6. The maximum atomic E-state index is 10.9. The highest BCUT2D eigenvalue weighted by molar-refractivity contribution is 7.21. The van der Waals surface area contributed by atoms with Crippen LogP contribution in [0.3, 0.4) is 0 Å². The van der Waals surface area contributed by atoms with E-state index >= 15 is 0 Å². The van der Waals surface area contributed by atoms with Gasteiger partial charge in [0.05, 0.1) is 15.9 Å². The van der Waals surface area contributed by atoms with Gasteiger partial charge < -0.3 is 5.11 Å². The molecule has 0 aliphatic rings. The van der Waals surface area contributed by atoms with Gasteiger partial charge in [0, 0.05) is 28.3 Å². The molecule has 8 rings (SSSR count). The Hall–Kier alpha value is -5.58. The molecule has 1 aromatic heterocycles. The summed E-state index contributed by atoms with van der Waals surface area (Å²) >= 11 is 1.71. The van der Waals surface area contributed by atoms with Crippen LogP contribution in [0.25, 0.3) is 64.6 Å². The Morgan fingerprint density at radius 3 is 1.94 bits per heavy atom. The third kappa shape index (κ3) is 6.18. The minimum atomic E-state index is -0.0606. The fourth-order valence-corrected chi connectivity index (χ4v) is 8.07. The monoisotopic (exact) mass is 694 g/mol. The zero-order valence-corrected chi connectivity index (χ0v) is 31.3. The summed E-state index contributed by atoms with van der Waals surface area (Å²) in [5.74, 6) is 0.211. The van der Waals surface area contributed by atoms with Crippen molar-refractivity contribution in [3.8, 4) is 38.6 Å². The fraction of sp³-hybridized carbons (Fsp3) is 0.167. The molecule has 1 N–H and O–H groups in total. The van der Waals surface area contributed by atoms with E-state index < -0.39 is 0 Å². The Labute approximate surface area is 310 Å². The van der Waals surface area contributed by atoms with Crippen LogP contribution in [0.4, 0.5) is 5.69 Å². The van der Waals surface area contributed by atoms with Crippen molar-refractivity contribution in [3.63, 3.8) is 0 Å². The molecule has 4 heteroatoms. The van der Waals surface area contributed by atoms with Gasteiger partial charge in [-0.3, -0.25) is 4.99 Å². The van der Waals surface area contributed by atoms with Crippen LogP contribution in [0.5, 0.6) is 5.75 Å². The Balaban J connectivity index is 1.34. The van der Waals surface area contributed by atoms with E-state index in [-0.39, 0.29) is 16.6 Å². The van der Waals surface area contributed by atoms with Gasteiger partial charge >= 0.3 is 0 Å². The van der Waals surface area contributed by atoms with E-state index in [4.69, 9.17) is 9.98 Å². The second-order valence-electron chi connectivity index (χ2n) is 15.7. The van der Waals surface area contributed by atoms with E-state index in [1.54, 1.807) is 23.6 Å². The number of aromatic nitrogens is 1. The van der Waals surface area contributed by atoms with Gasteiger partial charge in [-0.1, -0.05) is 145 Å². The van der Waals surface area contributed by atoms with E-state index in [0.29, 0.717) is 5.56 Å². The lowest BCUT2D eigenvalue weighted by atomic mass is 9.84. The SMILES string of the molecule is CC(C)(C)c1ccc(O)c(C=Nc2c(-c3nc4c(-c5ccc(-c6ccccc6)c6ccccc56)cc(C(C)(C)C)cc4s3)ccc3ccccc23)c1. The molecule has 256 valence electrons. The van der Waals surface area contributed by atoms with E-state index in [1.807, 2.05) is 12.1 Å². The van der Waals surface area contributed by atoms with Crippen LogP contribution in [0.15, 0.2) is 138 Å². The quantitative estimate of drug-likeness (QED) is 0.182. The third-order valence-corrected chi connectivity index (χ3v) is 11.1. The second-order valence-corrected chi connectivity index (χ2v) is 16.7. The Morgan fingerprint density at radius 1 is 0.577 bits per heavy atom. The van der Waals surface area contributed by atoms with Crippen molar-refractivity contribution in [1.29, 1.82) is 0 Å². The van der Waals surface area contributed by atoms with E-state index in [0.717, 1.165) is 48.4 Å². The van der Waals surface area contributed by atoms with Crippen molar-refractivity contribution in [2.45, 2.75) is 52.4 Å². The Bertz CT molecular complexity index is 2650. The molecular weight excluding hydrogens is 653 g/mol. The van der Waals surface area contributed by atoms with Crippen LogP contribution in [-0.2, 0) is 10.8 Å². The lowest BCUT2D eigenvalue weighted by molar-refractivity contribution is 0.473. The number of fused-ring (bicyclic) bond motifs is 3. The number of benzene rings is 7. The van der Waals surface area contributed by atoms with Gasteiger partial charge in [-0.05, 0) is 85.1 Å². The summed E-state index contributed by atoms with van der Waals surface area (Å²) in [6.07, 6.45) is 1.80. The highest BCUT2D eigenvalue weighted by atomic mass is 32.1. The molecular formula is C48H42N2OS. The van der Waals surface area contributed by atoms with Crippen LogP contribution in [0.1, 0.15) is 58.2 Å². The molecule has 0 fully saturated rings. The summed E-state index contributed by atoms with van der Waals surface area (Å²) in [5, 5.41) is 16.4. The molecule has 7 aromatic carbocycles. The zero-order chi connectivity index (χ0) is 36.2. The van der Waals surface area contributed by atoms with Crippen molar-refractivity contribution < 1.29 is 5.11 Å². The van der Waals surface area contributed by atoms with Crippen LogP contribution >= 0.6 is 11.3 Å². The molecule has 52 heavy (non-hydrogen) atoms. The molecule has 3 nitrogen and oxygen atoms in total. The molecule has 1 heterocycles. The molecule has 0 saturated carbocycles. The Morgan fingerprint density at radius 2 is 1.21 bits per heavy atom. The molecule has 0 aliphatic heterocycles. The summed E-state index contributed by atoms with van der Waals surface area (Å²) in [4.78, 5) is 10.6. The van der Waals surface area contributed by atoms with Crippen molar-refractivity contribution in [1.82, 2.24) is 4.98 Å². The van der Waals surface area contributed by atoms with Gasteiger partial charge in [-0.15, -0.1) is 11.3 Å². The van der Waals surface area contributed by atoms with Gasteiger partial charge in [0.1, 0.15) is 10.8 Å². The number of aliphatic imine (C=N–C) groups is 1. The van der Waals surface area contributed by atoms with Gasteiger partial charge in [-0.2, -0.15) is 0 Å². The van der Waals surface area contributed by atoms with E-state index in [2.05, 4.69) is 157 Å². The second kappa shape index (κ2) is 12.9. The number of phenolic OH excluding ortho intramolecular Hbond substituents is 1. The molecule has 0 unspecified atom stereocenters. The van der Waals surface area contributed by atoms with Crippen LogP contribution in [0, 0.1) is 0 Å². The van der Waals surface area contributed by atoms with Crippen LogP contribution < -0.4 is 0 Å². The van der Waals surface area contributed by atoms with Crippen molar-refractivity contribution in [2.24, 2.45) is 4.99 Å². The fourth-order valence-electron chi connectivity index (χ4n) is 7.01. The smallest absolute Gasteiger partial charge is 0.126 e. The summed E-state index contributed by atoms with van der Waals surface area (Å²) in [6.45, 7) is 13.4. The maximum Gasteiger partial charge on any atom is 0.126 e. The summed E-state index contributed by atoms with van der Waals surface area (Å²) in [7, 11) is 0. The van der Waals surface area contributed by atoms with Crippen molar-refractivity contribution in [2.75, 3.05) is 0 Å². The highest BCUT2D eigenvalue weighted by Crippen LogP contribution is 2.45. The summed E-state index contributed by atoms with van der Waals surface area (Å²) in [5.41, 5.74) is 10.5. The minimum Gasteiger partial charge on any atom is -0.507 e. The molecule has 0 aliphatic carbocycles. The summed E-state index contributed by atoms with van der Waals surface area (Å²) in [6, 6.07) is 47.0. The topological polar surface area (TPSA) is 45.5 Å². The first-order chi connectivity index (χ1) is 25.0. The lowest BCUT2D eigenvalue weighted by Gasteiger charge is -2.21. The number of rotatable bonds is 5. The largest absolute Gasteiger partial charge is 0.507 e. The standard InChI is InChI=1S/C48H42N2OS/c1-47(2,3)33-21-25-42(51)32(26-33)29-49-44-36-17-11-10-16-31(36)20-22-40(44)46-50-45-41(27-34(48(4,5)6)28-43(45)52-46)39-24-23-35(30-14-8-7-9-15-30)37-18-12-13-19-38(37)39/h7-29,51H,1-6H3. The number of phenols is 1.